The highest BCUT2D eigenvalue weighted by atomic mass is 16.5. The van der Waals surface area contributed by atoms with E-state index in [4.69, 9.17) is 14.2 Å². The zero-order valence-electron chi connectivity index (χ0n) is 22.0. The minimum Gasteiger partial charge on any atom is -0.445 e. The predicted molar refractivity (Wildman–Crippen MR) is 141 cm³/mol. The standard InChI is InChI=1S/C30H43NO5/c1-4-11-26(31-30(33)35-21-25-14-9-6-10-15-25)18-27-16-17-28(36-27)23(3)29(32)22(2)19-34-20-24-12-7-5-8-13-24/h5-10,12-15,22-23,26-29,32H,4,11,16-21H2,1-3H3,(H,31,33)/t22-,23+,26-,27+,28-,29-/m1/s1. The molecule has 0 spiro atoms. The third-order valence-corrected chi connectivity index (χ3v) is 7.06. The van der Waals surface area contributed by atoms with Gasteiger partial charge in [-0.3, -0.25) is 0 Å². The van der Waals surface area contributed by atoms with Crippen LogP contribution < -0.4 is 5.32 Å². The minimum absolute atomic E-state index is 0.00700. The van der Waals surface area contributed by atoms with Crippen molar-refractivity contribution in [2.75, 3.05) is 6.61 Å². The number of carbonyl (C=O) groups is 1. The van der Waals surface area contributed by atoms with Crippen molar-refractivity contribution in [3.63, 3.8) is 0 Å². The molecule has 1 aliphatic rings. The van der Waals surface area contributed by atoms with E-state index in [1.165, 1.54) is 0 Å². The van der Waals surface area contributed by atoms with Crippen molar-refractivity contribution >= 4 is 6.09 Å². The third kappa shape index (κ3) is 9.23. The zero-order chi connectivity index (χ0) is 25.8. The lowest BCUT2D eigenvalue weighted by molar-refractivity contribution is -0.0603. The lowest BCUT2D eigenvalue weighted by atomic mass is 9.88. The van der Waals surface area contributed by atoms with Gasteiger partial charge in [0.1, 0.15) is 6.61 Å². The lowest BCUT2D eigenvalue weighted by Gasteiger charge is -2.29. The van der Waals surface area contributed by atoms with E-state index in [9.17, 15) is 9.90 Å². The number of aliphatic hydroxyl groups excluding tert-OH is 1. The zero-order valence-corrected chi connectivity index (χ0v) is 22.0. The lowest BCUT2D eigenvalue weighted by Crippen LogP contribution is -2.39. The van der Waals surface area contributed by atoms with Gasteiger partial charge in [-0.1, -0.05) is 87.9 Å². The molecule has 0 aromatic heterocycles. The van der Waals surface area contributed by atoms with E-state index in [-0.39, 0.29) is 42.8 Å². The molecule has 198 valence electrons. The summed E-state index contributed by atoms with van der Waals surface area (Å²) in [6.07, 6.45) is 3.63. The second-order valence-corrected chi connectivity index (χ2v) is 10.1. The Morgan fingerprint density at radius 3 is 2.31 bits per heavy atom. The van der Waals surface area contributed by atoms with Crippen LogP contribution in [0.4, 0.5) is 4.79 Å². The van der Waals surface area contributed by atoms with Crippen LogP contribution in [-0.2, 0) is 27.4 Å². The number of rotatable bonds is 14. The number of carbonyl (C=O) groups excluding carboxylic acids is 1. The van der Waals surface area contributed by atoms with Gasteiger partial charge in [0, 0.05) is 17.9 Å². The Morgan fingerprint density at radius 2 is 1.67 bits per heavy atom. The molecule has 6 nitrogen and oxygen atoms in total. The summed E-state index contributed by atoms with van der Waals surface area (Å²) >= 11 is 0. The molecule has 6 atom stereocenters. The van der Waals surface area contributed by atoms with Crippen LogP contribution in [-0.4, -0.2) is 42.2 Å². The molecular formula is C30H43NO5. The number of nitrogens with one attached hydrogen (secondary N) is 1. The van der Waals surface area contributed by atoms with Crippen molar-refractivity contribution in [1.82, 2.24) is 5.32 Å². The third-order valence-electron chi connectivity index (χ3n) is 7.06. The molecule has 0 saturated carbocycles. The SMILES string of the molecule is CCC[C@H](C[C@@H]1CC[C@H]([C@H](C)[C@H](O)[C@H](C)COCc2ccccc2)O1)NC(=O)OCc1ccccc1. The molecule has 36 heavy (non-hydrogen) atoms. The van der Waals surface area contributed by atoms with E-state index in [2.05, 4.69) is 19.2 Å². The van der Waals surface area contributed by atoms with E-state index < -0.39 is 6.10 Å². The number of benzene rings is 2. The summed E-state index contributed by atoms with van der Waals surface area (Å²) in [5.41, 5.74) is 2.10. The smallest absolute Gasteiger partial charge is 0.407 e. The molecule has 0 unspecified atom stereocenters. The summed E-state index contributed by atoms with van der Waals surface area (Å²) in [6, 6.07) is 19.8. The largest absolute Gasteiger partial charge is 0.445 e. The summed E-state index contributed by atoms with van der Waals surface area (Å²) in [4.78, 5) is 12.4. The summed E-state index contributed by atoms with van der Waals surface area (Å²) in [5, 5.41) is 14.0. The van der Waals surface area contributed by atoms with Gasteiger partial charge in [0.2, 0.25) is 0 Å². The van der Waals surface area contributed by atoms with Crippen LogP contribution in [0.25, 0.3) is 0 Å². The maximum absolute atomic E-state index is 12.4. The highest BCUT2D eigenvalue weighted by Crippen LogP contribution is 2.32. The van der Waals surface area contributed by atoms with Gasteiger partial charge in [0.15, 0.2) is 0 Å². The van der Waals surface area contributed by atoms with E-state index in [1.54, 1.807) is 0 Å². The highest BCUT2D eigenvalue weighted by molar-refractivity contribution is 5.67. The molecule has 2 N–H and O–H groups in total. The van der Waals surface area contributed by atoms with E-state index >= 15 is 0 Å². The normalized spacial score (nSPS) is 20.9. The van der Waals surface area contributed by atoms with Crippen molar-refractivity contribution in [3.8, 4) is 0 Å². The number of hydrogen-bond donors (Lipinski definition) is 2. The number of hydrogen-bond acceptors (Lipinski definition) is 5. The van der Waals surface area contributed by atoms with E-state index in [0.717, 1.165) is 43.2 Å². The summed E-state index contributed by atoms with van der Waals surface area (Å²) < 4.78 is 17.6. The second-order valence-electron chi connectivity index (χ2n) is 10.1. The Morgan fingerprint density at radius 1 is 1.03 bits per heavy atom. The van der Waals surface area contributed by atoms with Crippen LogP contribution in [0.15, 0.2) is 60.7 Å². The van der Waals surface area contributed by atoms with Crippen molar-refractivity contribution in [2.45, 2.75) is 90.4 Å². The fourth-order valence-corrected chi connectivity index (χ4v) is 4.91. The monoisotopic (exact) mass is 497 g/mol. The Bertz CT molecular complexity index is 877. The quantitative estimate of drug-likeness (QED) is 0.341. The Balaban J connectivity index is 1.40. The van der Waals surface area contributed by atoms with Gasteiger partial charge in [-0.05, 0) is 36.8 Å². The number of amides is 1. The minimum atomic E-state index is -0.498. The molecule has 0 bridgehead atoms. The Hall–Kier alpha value is -2.41. The molecule has 6 heteroatoms. The molecule has 0 aliphatic carbocycles. The molecule has 1 aliphatic heterocycles. The van der Waals surface area contributed by atoms with Gasteiger partial charge in [-0.15, -0.1) is 0 Å². The van der Waals surface area contributed by atoms with Crippen LogP contribution in [0.2, 0.25) is 0 Å². The van der Waals surface area contributed by atoms with Crippen molar-refractivity contribution in [1.29, 1.82) is 0 Å². The van der Waals surface area contributed by atoms with Crippen molar-refractivity contribution in [3.05, 3.63) is 71.8 Å². The molecule has 2 aromatic carbocycles. The average molecular weight is 498 g/mol. The van der Waals surface area contributed by atoms with Gasteiger partial charge in [-0.2, -0.15) is 0 Å². The van der Waals surface area contributed by atoms with Crippen LogP contribution in [0.3, 0.4) is 0 Å². The first kappa shape index (κ1) is 28.2. The van der Waals surface area contributed by atoms with Gasteiger partial charge in [0.25, 0.3) is 0 Å². The average Bonchev–Trinajstić information content (AvgIpc) is 3.36. The molecular weight excluding hydrogens is 454 g/mol. The molecule has 1 saturated heterocycles. The van der Waals surface area contributed by atoms with Crippen LogP contribution in [0.1, 0.15) is 64.0 Å². The second kappa shape index (κ2) is 15.0. The summed E-state index contributed by atoms with van der Waals surface area (Å²) in [6.45, 7) is 7.52. The van der Waals surface area contributed by atoms with Gasteiger partial charge in [-0.25, -0.2) is 4.79 Å². The molecule has 3 rings (SSSR count). The fourth-order valence-electron chi connectivity index (χ4n) is 4.91. The number of ether oxygens (including phenoxy) is 3. The van der Waals surface area contributed by atoms with Gasteiger partial charge < -0.3 is 24.6 Å². The van der Waals surface area contributed by atoms with Crippen molar-refractivity contribution in [2.24, 2.45) is 11.8 Å². The molecule has 1 heterocycles. The summed E-state index contributed by atoms with van der Waals surface area (Å²) in [5.74, 6) is 0.0269. The highest BCUT2D eigenvalue weighted by Gasteiger charge is 2.35. The number of aliphatic hydroxyl groups is 1. The summed E-state index contributed by atoms with van der Waals surface area (Å²) in [7, 11) is 0. The Labute approximate surface area is 216 Å². The first-order valence-corrected chi connectivity index (χ1v) is 13.4. The molecule has 0 radical (unpaired) electrons. The van der Waals surface area contributed by atoms with E-state index in [1.807, 2.05) is 67.6 Å². The van der Waals surface area contributed by atoms with Crippen LogP contribution in [0.5, 0.6) is 0 Å². The predicted octanol–water partition coefficient (Wildman–Crippen LogP) is 5.87. The van der Waals surface area contributed by atoms with Crippen LogP contribution >= 0.6 is 0 Å². The first-order chi connectivity index (χ1) is 17.5. The first-order valence-electron chi connectivity index (χ1n) is 13.4. The maximum atomic E-state index is 12.4. The molecule has 1 amide bonds. The van der Waals surface area contributed by atoms with E-state index in [0.29, 0.717) is 13.2 Å². The van der Waals surface area contributed by atoms with Crippen LogP contribution in [0, 0.1) is 11.8 Å². The van der Waals surface area contributed by atoms with Crippen molar-refractivity contribution < 1.29 is 24.1 Å². The van der Waals surface area contributed by atoms with Gasteiger partial charge in [0.05, 0.1) is 31.5 Å². The molecule has 2 aromatic rings. The maximum Gasteiger partial charge on any atom is 0.407 e. The topological polar surface area (TPSA) is 77.0 Å². The van der Waals surface area contributed by atoms with Gasteiger partial charge >= 0.3 is 6.09 Å². The fraction of sp³-hybridized carbons (Fsp3) is 0.567. The molecule has 1 fully saturated rings. The number of alkyl carbamates (subject to hydrolysis) is 1. The Kier molecular flexibility index (Phi) is 11.7.